The molecule has 0 atom stereocenters. The first kappa shape index (κ1) is 11.3. The van der Waals surface area contributed by atoms with E-state index in [0.29, 0.717) is 10.8 Å². The van der Waals surface area contributed by atoms with E-state index < -0.39 is 0 Å². The second kappa shape index (κ2) is 5.04. The first-order valence-electron chi connectivity index (χ1n) is 4.29. The Morgan fingerprint density at radius 3 is 2.18 bits per heavy atom. The Morgan fingerprint density at radius 1 is 1.27 bits per heavy atom. The van der Waals surface area contributed by atoms with Gasteiger partial charge in [0.1, 0.15) is 0 Å². The molecule has 0 aromatic heterocycles. The lowest BCUT2D eigenvalue weighted by atomic mass is 10.3. The minimum absolute atomic E-state index is 0.415. The third-order valence-corrected chi connectivity index (χ3v) is 2.46. The van der Waals surface area contributed by atoms with Gasteiger partial charge in [0.05, 0.1) is 0 Å². The van der Waals surface area contributed by atoms with E-state index >= 15 is 0 Å². The van der Waals surface area contributed by atoms with Gasteiger partial charge in [0.2, 0.25) is 0 Å². The molecular formula is C9H21NS. The van der Waals surface area contributed by atoms with Crippen LogP contribution in [-0.4, -0.2) is 23.1 Å². The Balaban J connectivity index is 3.15. The van der Waals surface area contributed by atoms with E-state index in [1.54, 1.807) is 0 Å². The molecule has 1 N–H and O–H groups in total. The maximum atomic E-state index is 3.40. The van der Waals surface area contributed by atoms with Gasteiger partial charge in [0.15, 0.2) is 0 Å². The zero-order valence-electron chi connectivity index (χ0n) is 8.40. The molecule has 0 rings (SSSR count). The van der Waals surface area contributed by atoms with Crippen molar-refractivity contribution in [3.8, 4) is 0 Å². The summed E-state index contributed by atoms with van der Waals surface area (Å²) in [5, 5.41) is 3.40. The van der Waals surface area contributed by atoms with Crippen molar-refractivity contribution in [1.82, 2.24) is 5.32 Å². The van der Waals surface area contributed by atoms with Gasteiger partial charge in [-0.3, -0.25) is 0 Å². The summed E-state index contributed by atoms with van der Waals surface area (Å²) in [6, 6.07) is 0.621. The van der Waals surface area contributed by atoms with Gasteiger partial charge in [-0.2, -0.15) is 11.8 Å². The molecule has 0 spiro atoms. The smallest absolute Gasteiger partial charge is 0.00755 e. The highest BCUT2D eigenvalue weighted by Gasteiger charge is 2.09. The summed E-state index contributed by atoms with van der Waals surface area (Å²) >= 11 is 2.01. The second-order valence-electron chi connectivity index (χ2n) is 4.07. The van der Waals surface area contributed by atoms with E-state index in [-0.39, 0.29) is 0 Å². The van der Waals surface area contributed by atoms with Crippen LogP contribution in [0.3, 0.4) is 0 Å². The molecule has 0 aromatic rings. The molecule has 11 heavy (non-hydrogen) atoms. The average Bonchev–Trinajstić information content (AvgIpc) is 1.78. The molecule has 0 aliphatic carbocycles. The van der Waals surface area contributed by atoms with Gasteiger partial charge in [-0.25, -0.2) is 0 Å². The van der Waals surface area contributed by atoms with Crippen molar-refractivity contribution in [2.75, 3.05) is 12.3 Å². The van der Waals surface area contributed by atoms with E-state index in [4.69, 9.17) is 0 Å². The van der Waals surface area contributed by atoms with Crippen LogP contribution >= 0.6 is 11.8 Å². The van der Waals surface area contributed by atoms with Crippen molar-refractivity contribution in [3.05, 3.63) is 0 Å². The molecule has 0 radical (unpaired) electrons. The fourth-order valence-electron chi connectivity index (χ4n) is 0.705. The van der Waals surface area contributed by atoms with Gasteiger partial charge in [-0.05, 0) is 0 Å². The Hall–Kier alpha value is 0.310. The van der Waals surface area contributed by atoms with Gasteiger partial charge >= 0.3 is 0 Å². The van der Waals surface area contributed by atoms with Gasteiger partial charge < -0.3 is 5.32 Å². The van der Waals surface area contributed by atoms with Crippen molar-refractivity contribution in [1.29, 1.82) is 0 Å². The second-order valence-corrected chi connectivity index (χ2v) is 5.99. The topological polar surface area (TPSA) is 12.0 Å². The molecule has 2 heteroatoms. The normalized spacial score (nSPS) is 12.5. The van der Waals surface area contributed by atoms with Crippen LogP contribution in [0.1, 0.15) is 34.6 Å². The number of hydrogen-bond acceptors (Lipinski definition) is 2. The van der Waals surface area contributed by atoms with Gasteiger partial charge in [-0.15, -0.1) is 0 Å². The predicted octanol–water partition coefficient (Wildman–Crippen LogP) is 2.52. The molecule has 0 aliphatic rings. The molecule has 68 valence electrons. The van der Waals surface area contributed by atoms with Crippen LogP contribution in [0.4, 0.5) is 0 Å². The Bertz CT molecular complexity index is 94.2. The average molecular weight is 175 g/mol. The fourth-order valence-corrected chi connectivity index (χ4v) is 1.54. The highest BCUT2D eigenvalue weighted by molar-refractivity contribution is 8.00. The van der Waals surface area contributed by atoms with Gasteiger partial charge in [-0.1, -0.05) is 34.6 Å². The highest BCUT2D eigenvalue weighted by atomic mass is 32.2. The molecule has 0 amide bonds. The fraction of sp³-hybridized carbons (Fsp3) is 1.00. The number of hydrogen-bond donors (Lipinski definition) is 1. The summed E-state index contributed by atoms with van der Waals surface area (Å²) in [5.74, 6) is 1.21. The predicted molar refractivity (Wildman–Crippen MR) is 55.3 cm³/mol. The van der Waals surface area contributed by atoms with Crippen LogP contribution < -0.4 is 5.32 Å². The van der Waals surface area contributed by atoms with Crippen molar-refractivity contribution in [2.24, 2.45) is 0 Å². The van der Waals surface area contributed by atoms with E-state index in [1.807, 2.05) is 11.8 Å². The van der Waals surface area contributed by atoms with Crippen molar-refractivity contribution in [2.45, 2.75) is 45.4 Å². The van der Waals surface area contributed by atoms with Crippen molar-refractivity contribution in [3.63, 3.8) is 0 Å². The third-order valence-electron chi connectivity index (χ3n) is 1.19. The first-order valence-corrected chi connectivity index (χ1v) is 5.28. The van der Waals surface area contributed by atoms with E-state index in [9.17, 15) is 0 Å². The summed E-state index contributed by atoms with van der Waals surface area (Å²) < 4.78 is 0.415. The quantitative estimate of drug-likeness (QED) is 0.659. The first-order chi connectivity index (χ1) is 4.92. The maximum absolute atomic E-state index is 3.40. The minimum atomic E-state index is 0.415. The molecule has 0 aliphatic heterocycles. The van der Waals surface area contributed by atoms with Crippen LogP contribution in [-0.2, 0) is 0 Å². The molecule has 1 nitrogen and oxygen atoms in total. The molecule has 0 fully saturated rings. The zero-order chi connectivity index (χ0) is 8.91. The van der Waals surface area contributed by atoms with Gasteiger partial charge in [0.25, 0.3) is 0 Å². The molecule has 0 unspecified atom stereocenters. The van der Waals surface area contributed by atoms with Crippen LogP contribution in [0, 0.1) is 0 Å². The minimum Gasteiger partial charge on any atom is -0.314 e. The van der Waals surface area contributed by atoms with Gasteiger partial charge in [0, 0.05) is 23.1 Å². The van der Waals surface area contributed by atoms with Crippen LogP contribution in [0.15, 0.2) is 0 Å². The third kappa shape index (κ3) is 10.3. The van der Waals surface area contributed by atoms with E-state index in [0.717, 1.165) is 6.54 Å². The number of rotatable bonds is 4. The summed E-state index contributed by atoms with van der Waals surface area (Å²) in [5.41, 5.74) is 0. The lowest BCUT2D eigenvalue weighted by molar-refractivity contribution is 0.614. The summed E-state index contributed by atoms with van der Waals surface area (Å²) in [6.45, 7) is 12.3. The summed E-state index contributed by atoms with van der Waals surface area (Å²) in [6.07, 6.45) is 0. The maximum Gasteiger partial charge on any atom is 0.00755 e. The summed E-state index contributed by atoms with van der Waals surface area (Å²) in [4.78, 5) is 0. The Kier molecular flexibility index (Phi) is 5.19. The van der Waals surface area contributed by atoms with Crippen molar-refractivity contribution < 1.29 is 0 Å². The highest BCUT2D eigenvalue weighted by Crippen LogP contribution is 2.21. The largest absolute Gasteiger partial charge is 0.314 e. The summed E-state index contributed by atoms with van der Waals surface area (Å²) in [7, 11) is 0. The zero-order valence-corrected chi connectivity index (χ0v) is 9.22. The molecule has 0 bridgehead atoms. The monoisotopic (exact) mass is 175 g/mol. The molecule has 0 saturated heterocycles. The molecule has 0 aromatic carbocycles. The standard InChI is InChI=1S/C9H21NS/c1-8(2)10-6-7-11-9(3,4)5/h8,10H,6-7H2,1-5H3. The SMILES string of the molecule is CC(C)NCCSC(C)(C)C. The lowest BCUT2D eigenvalue weighted by Gasteiger charge is -2.18. The van der Waals surface area contributed by atoms with Crippen LogP contribution in [0.5, 0.6) is 0 Å². The number of nitrogens with one attached hydrogen (secondary N) is 1. The van der Waals surface area contributed by atoms with Crippen molar-refractivity contribution >= 4 is 11.8 Å². The number of thioether (sulfide) groups is 1. The van der Waals surface area contributed by atoms with Crippen LogP contribution in [0.2, 0.25) is 0 Å². The van der Waals surface area contributed by atoms with E-state index in [2.05, 4.69) is 39.9 Å². The Labute approximate surface area is 75.3 Å². The Morgan fingerprint density at radius 2 is 1.82 bits per heavy atom. The molecule has 0 heterocycles. The van der Waals surface area contributed by atoms with E-state index in [1.165, 1.54) is 5.75 Å². The van der Waals surface area contributed by atoms with Crippen LogP contribution in [0.25, 0.3) is 0 Å². The molecular weight excluding hydrogens is 154 g/mol. The molecule has 0 saturated carbocycles. The lowest BCUT2D eigenvalue weighted by Crippen LogP contribution is -2.26.